The maximum atomic E-state index is 13.8. The maximum absolute atomic E-state index is 13.8. The normalized spacial score (nSPS) is 20.7. The summed E-state index contributed by atoms with van der Waals surface area (Å²) in [7, 11) is -2.74. The molecule has 0 spiro atoms. The van der Waals surface area contributed by atoms with Crippen LogP contribution in [0.2, 0.25) is 0 Å². The third-order valence-corrected chi connectivity index (χ3v) is 7.26. The first-order valence-electron chi connectivity index (χ1n) is 14.0. The molecule has 5 rings (SSSR count). The number of alkyl halides is 3. The van der Waals surface area contributed by atoms with Gasteiger partial charge in [0.05, 0.1) is 34.6 Å². The fourth-order valence-corrected chi connectivity index (χ4v) is 5.12. The number of aryl methyl sites for hydroxylation is 1. The fourth-order valence-electron chi connectivity index (χ4n) is 5.12. The van der Waals surface area contributed by atoms with Crippen LogP contribution in [0.15, 0.2) is 36.7 Å². The van der Waals surface area contributed by atoms with Gasteiger partial charge in [0.1, 0.15) is 23.7 Å². The van der Waals surface area contributed by atoms with Gasteiger partial charge in [0, 0.05) is 24.9 Å². The molecule has 12 heteroatoms. The average molecular weight is 546 g/mol. The van der Waals surface area contributed by atoms with Crippen molar-refractivity contribution >= 4 is 11.8 Å². The van der Waals surface area contributed by atoms with E-state index in [9.17, 15) is 22.8 Å². The van der Waals surface area contributed by atoms with Crippen molar-refractivity contribution in [3.8, 4) is 5.75 Å². The monoisotopic (exact) mass is 545 g/mol. The van der Waals surface area contributed by atoms with E-state index in [-0.39, 0.29) is 30.3 Å². The fraction of sp³-hybridized carbons (Fsp3) is 0.444. The molecular formula is C27H29F3N6O3. The van der Waals surface area contributed by atoms with Crippen LogP contribution in [0.25, 0.3) is 0 Å². The molecule has 2 aromatic heterocycles. The number of nitrogens with one attached hydrogen (secondary N) is 1. The lowest BCUT2D eigenvalue weighted by molar-refractivity contribution is -0.146. The second-order valence-corrected chi connectivity index (χ2v) is 9.85. The predicted octanol–water partition coefficient (Wildman–Crippen LogP) is 3.97. The number of hydrogen-bond donors (Lipinski definition) is 1. The zero-order valence-corrected chi connectivity index (χ0v) is 21.3. The number of amides is 2. The number of carbonyl (C=O) groups excluding carboxylic acids is 2. The minimum atomic E-state index is -4.70. The number of ether oxygens (including phenoxy) is 1. The van der Waals surface area contributed by atoms with Crippen LogP contribution in [-0.2, 0) is 17.5 Å². The number of carbonyl (C=O) groups is 2. The highest BCUT2D eigenvalue weighted by Crippen LogP contribution is 2.42. The molecule has 2 atom stereocenters. The van der Waals surface area contributed by atoms with Crippen LogP contribution >= 0.6 is 0 Å². The molecule has 3 heterocycles. The molecule has 0 unspecified atom stereocenters. The van der Waals surface area contributed by atoms with Crippen molar-refractivity contribution in [2.75, 3.05) is 13.6 Å². The summed E-state index contributed by atoms with van der Waals surface area (Å²) < 4.78 is 69.9. The Balaban J connectivity index is 1.49. The lowest BCUT2D eigenvalue weighted by Crippen LogP contribution is -2.43. The van der Waals surface area contributed by atoms with Crippen molar-refractivity contribution in [1.82, 2.24) is 30.0 Å². The van der Waals surface area contributed by atoms with Gasteiger partial charge in [-0.1, -0.05) is 12.1 Å². The molecule has 1 aliphatic heterocycles. The largest absolute Gasteiger partial charge is 0.496 e. The molecule has 206 valence electrons. The quantitative estimate of drug-likeness (QED) is 0.482. The van der Waals surface area contributed by atoms with E-state index in [1.807, 2.05) is 0 Å². The summed E-state index contributed by atoms with van der Waals surface area (Å²) in [4.78, 5) is 36.5. The van der Waals surface area contributed by atoms with Gasteiger partial charge in [0.25, 0.3) is 5.91 Å². The van der Waals surface area contributed by atoms with Crippen molar-refractivity contribution in [3.63, 3.8) is 0 Å². The first kappa shape index (κ1) is 23.0. The average Bonchev–Trinajstić information content (AvgIpc) is 3.53. The molecule has 0 bridgehead atoms. The van der Waals surface area contributed by atoms with Crippen molar-refractivity contribution in [1.29, 1.82) is 0 Å². The molecule has 1 saturated heterocycles. The highest BCUT2D eigenvalue weighted by molar-refractivity contribution is 5.93. The summed E-state index contributed by atoms with van der Waals surface area (Å²) in [6.45, 7) is 2.71. The molecule has 1 N–H and O–H groups in total. The molecule has 2 amide bonds. The Morgan fingerprint density at radius 2 is 1.95 bits per heavy atom. The number of methoxy groups -OCH3 is 1. The Kier molecular flexibility index (Phi) is 6.07. The Labute approximate surface area is 227 Å². The van der Waals surface area contributed by atoms with Gasteiger partial charge < -0.3 is 15.0 Å². The zero-order valence-electron chi connectivity index (χ0n) is 24.3. The van der Waals surface area contributed by atoms with Crippen LogP contribution in [0.1, 0.15) is 74.0 Å². The Morgan fingerprint density at radius 3 is 2.64 bits per heavy atom. The molecule has 0 radical (unpaired) electrons. The maximum Gasteiger partial charge on any atom is 0.433 e. The summed E-state index contributed by atoms with van der Waals surface area (Å²) in [5, 5.41) is 7.02. The van der Waals surface area contributed by atoms with Gasteiger partial charge in [-0.2, -0.15) is 18.3 Å². The third-order valence-electron chi connectivity index (χ3n) is 7.26. The number of halogens is 3. The van der Waals surface area contributed by atoms with E-state index in [1.165, 1.54) is 23.4 Å². The number of aromatic nitrogens is 4. The van der Waals surface area contributed by atoms with Crippen LogP contribution in [0, 0.1) is 13.8 Å². The van der Waals surface area contributed by atoms with Gasteiger partial charge >= 0.3 is 6.18 Å². The summed E-state index contributed by atoms with van der Waals surface area (Å²) in [6, 6.07) is 4.19. The van der Waals surface area contributed by atoms with E-state index < -0.39 is 49.4 Å². The van der Waals surface area contributed by atoms with E-state index in [4.69, 9.17) is 8.85 Å². The van der Waals surface area contributed by atoms with E-state index in [1.54, 1.807) is 26.0 Å². The van der Waals surface area contributed by atoms with Gasteiger partial charge in [-0.05, 0) is 56.4 Å². The minimum absolute atomic E-state index is 0.0465. The van der Waals surface area contributed by atoms with E-state index in [0.29, 0.717) is 27.2 Å². The van der Waals surface area contributed by atoms with Crippen LogP contribution < -0.4 is 10.1 Å². The molecule has 39 heavy (non-hydrogen) atoms. The second-order valence-electron chi connectivity index (χ2n) is 9.85. The molecule has 3 aromatic rings. The molecular weight excluding hydrogens is 513 g/mol. The first-order valence-corrected chi connectivity index (χ1v) is 12.5. The second kappa shape index (κ2) is 10.3. The van der Waals surface area contributed by atoms with Crippen molar-refractivity contribution < 1.29 is 31.6 Å². The SMILES string of the molecule is [2H]C([2H])([2H])Oc1cccc([C@@H]2[C@H](NC(=O)c3nccnc3C)CCN2C(=O)Cn2nc(C3CC3)cc2C(F)(F)F)c1C. The van der Waals surface area contributed by atoms with Crippen LogP contribution in [0.4, 0.5) is 13.2 Å². The van der Waals surface area contributed by atoms with Gasteiger partial charge in [0.2, 0.25) is 5.91 Å². The van der Waals surface area contributed by atoms with Crippen LogP contribution in [-0.4, -0.2) is 56.1 Å². The van der Waals surface area contributed by atoms with Crippen LogP contribution in [0.5, 0.6) is 5.75 Å². The molecule has 2 aliphatic rings. The van der Waals surface area contributed by atoms with Gasteiger partial charge in [-0.3, -0.25) is 19.3 Å². The number of rotatable bonds is 7. The highest BCUT2D eigenvalue weighted by atomic mass is 19.4. The van der Waals surface area contributed by atoms with Gasteiger partial charge in [-0.15, -0.1) is 0 Å². The summed E-state index contributed by atoms with van der Waals surface area (Å²) in [5.74, 6) is -1.15. The minimum Gasteiger partial charge on any atom is -0.496 e. The summed E-state index contributed by atoms with van der Waals surface area (Å²) in [6.07, 6.45) is -0.100. The Hall–Kier alpha value is -3.96. The van der Waals surface area contributed by atoms with Gasteiger partial charge in [-0.25, -0.2) is 4.98 Å². The van der Waals surface area contributed by atoms with Crippen molar-refractivity contribution in [3.05, 3.63) is 70.6 Å². The predicted molar refractivity (Wildman–Crippen MR) is 134 cm³/mol. The number of hydrogen-bond acceptors (Lipinski definition) is 6. The molecule has 1 saturated carbocycles. The smallest absolute Gasteiger partial charge is 0.433 e. The van der Waals surface area contributed by atoms with Crippen molar-refractivity contribution in [2.24, 2.45) is 0 Å². The lowest BCUT2D eigenvalue weighted by Gasteiger charge is -2.31. The number of likely N-dealkylation sites (tertiary alicyclic amines) is 1. The topological polar surface area (TPSA) is 102 Å². The first-order chi connectivity index (χ1) is 19.7. The summed E-state index contributed by atoms with van der Waals surface area (Å²) in [5.41, 5.74) is 0.699. The lowest BCUT2D eigenvalue weighted by atomic mass is 9.95. The molecule has 9 nitrogen and oxygen atoms in total. The highest BCUT2D eigenvalue weighted by Gasteiger charge is 2.42. The molecule has 2 fully saturated rings. The molecule has 1 aliphatic carbocycles. The standard InChI is InChI=1S/C27H29F3N6O3/c1-15-18(5-4-6-21(15)39-3)25-19(33-26(38)24-16(2)31-10-11-32-24)9-12-35(25)23(37)14-36-22(27(28,29)30)13-20(34-36)17-7-8-17/h4-6,10-11,13,17,19,25H,7-9,12,14H2,1-3H3,(H,33,38)/t19-,25-/m1/s1/i3D3. The number of benzene rings is 1. The third kappa shape index (κ3) is 5.32. The zero-order chi connectivity index (χ0) is 30.4. The summed E-state index contributed by atoms with van der Waals surface area (Å²) >= 11 is 0. The van der Waals surface area contributed by atoms with Gasteiger partial charge in [0.15, 0.2) is 0 Å². The van der Waals surface area contributed by atoms with E-state index in [0.717, 1.165) is 18.9 Å². The Bertz CT molecular complexity index is 1510. The van der Waals surface area contributed by atoms with E-state index >= 15 is 0 Å². The van der Waals surface area contributed by atoms with Crippen molar-refractivity contribution in [2.45, 2.75) is 63.8 Å². The molecule has 1 aromatic carbocycles. The number of nitrogens with zero attached hydrogens (tertiary/aromatic N) is 5. The van der Waals surface area contributed by atoms with E-state index in [2.05, 4.69) is 20.4 Å². The Morgan fingerprint density at radius 1 is 1.18 bits per heavy atom. The van der Waals surface area contributed by atoms with Crippen LogP contribution in [0.3, 0.4) is 0 Å².